The van der Waals surface area contributed by atoms with Crippen LogP contribution < -0.4 is 105 Å². The number of carbonyl (C=O) groups excluding carboxylic acids is 14. The Balaban J connectivity index is 1.53. The molecule has 14 amide bonds. The number of carboxylic acid groups (broad SMARTS) is 1. The molecular formula is C76H126BrN27O17. The normalized spacial score (nSPS) is 16.2. The maximum absolute atomic E-state index is 15.0. The van der Waals surface area contributed by atoms with Gasteiger partial charge >= 0.3 is 5.97 Å². The number of likely N-dealkylation sites (tertiary alicyclic amines) is 2. The van der Waals surface area contributed by atoms with Crippen molar-refractivity contribution in [2.24, 2.45) is 72.5 Å². The van der Waals surface area contributed by atoms with Crippen LogP contribution in [-0.4, -0.2) is 279 Å². The number of hydrogen-bond acceptors (Lipinski definition) is 22. The van der Waals surface area contributed by atoms with E-state index in [1.165, 1.54) is 43.2 Å². The van der Waals surface area contributed by atoms with E-state index in [0.29, 0.717) is 36.9 Å². The Morgan fingerprint density at radius 1 is 0.595 bits per heavy atom. The molecule has 31 N–H and O–H groups in total. The number of nitrogens with one attached hydrogen (secondary N) is 11. The zero-order valence-corrected chi connectivity index (χ0v) is 71.3. The first-order chi connectivity index (χ1) is 57.2. The third-order valence-corrected chi connectivity index (χ3v) is 20.7. The lowest BCUT2D eigenvalue weighted by atomic mass is 9.99. The van der Waals surface area contributed by atoms with Crippen LogP contribution in [0.25, 0.3) is 0 Å². The third-order valence-electron chi connectivity index (χ3n) is 20.1. The van der Waals surface area contributed by atoms with Crippen LogP contribution in [0.2, 0.25) is 0 Å². The van der Waals surface area contributed by atoms with Crippen LogP contribution in [0.15, 0.2) is 56.2 Å². The van der Waals surface area contributed by atoms with Gasteiger partial charge in [0.2, 0.25) is 82.7 Å². The number of aliphatic hydroxyl groups is 1. The maximum atomic E-state index is 15.0. The number of rotatable bonds is 54. The molecule has 44 nitrogen and oxygen atoms in total. The Bertz CT molecular complexity index is 3900. The summed E-state index contributed by atoms with van der Waals surface area (Å²) in [6, 6.07) is -9.70. The van der Waals surface area contributed by atoms with Crippen molar-refractivity contribution in [1.82, 2.24) is 77.8 Å². The number of aliphatic carboxylic acids is 1. The topological polar surface area (TPSA) is 726 Å². The number of likely N-dealkylation sites (N-methyl/N-ethyl adjacent to an activating group) is 1. The number of halogens is 1. The number of H-pyrrole nitrogens is 1. The molecule has 2 fully saturated rings. The Morgan fingerprint density at radius 3 is 1.65 bits per heavy atom. The highest BCUT2D eigenvalue weighted by molar-refractivity contribution is 9.10. The van der Waals surface area contributed by atoms with Crippen molar-refractivity contribution in [3.63, 3.8) is 0 Å². The Hall–Kier alpha value is -11.4. The number of aliphatic imine (C=N–C) groups is 3. The molecule has 2 aliphatic heterocycles. The molecule has 121 heavy (non-hydrogen) atoms. The van der Waals surface area contributed by atoms with E-state index in [0.717, 1.165) is 9.37 Å². The molecule has 0 bridgehead atoms. The zero-order valence-electron chi connectivity index (χ0n) is 69.7. The Kier molecular flexibility index (Phi) is 43.8. The number of imidazole rings is 1. The van der Waals surface area contributed by atoms with E-state index < -0.39 is 180 Å². The average molecular weight is 1770 g/mol. The van der Waals surface area contributed by atoms with Crippen LogP contribution in [0.1, 0.15) is 168 Å². The first kappa shape index (κ1) is 102. The van der Waals surface area contributed by atoms with E-state index in [1.54, 1.807) is 38.1 Å². The number of guanidine groups is 3. The second kappa shape index (κ2) is 52.0. The third kappa shape index (κ3) is 35.5. The first-order valence-electron chi connectivity index (χ1n) is 40.6. The summed E-state index contributed by atoms with van der Waals surface area (Å²) in [6.07, 6.45) is 4.59. The summed E-state index contributed by atoms with van der Waals surface area (Å²) >= 11 is 3.34. The molecule has 0 aliphatic carbocycles. The summed E-state index contributed by atoms with van der Waals surface area (Å²) in [5, 5.41) is 47.0. The van der Waals surface area contributed by atoms with E-state index in [4.69, 9.17) is 51.6 Å². The van der Waals surface area contributed by atoms with Gasteiger partial charge in [-0.2, -0.15) is 0 Å². The van der Waals surface area contributed by atoms with Gasteiger partial charge in [-0.3, -0.25) is 82.1 Å². The summed E-state index contributed by atoms with van der Waals surface area (Å²) in [7, 11) is 1.28. The van der Waals surface area contributed by atoms with Crippen molar-refractivity contribution in [2.75, 3.05) is 59.5 Å². The number of nitrogens with two attached hydrogens (primary N) is 9. The smallest absolute Gasteiger partial charge is 0.326 e. The number of carboxylic acids is 1. The summed E-state index contributed by atoms with van der Waals surface area (Å²) < 4.78 is 0.769. The van der Waals surface area contributed by atoms with Crippen molar-refractivity contribution in [2.45, 2.75) is 247 Å². The molecule has 1 aromatic heterocycles. The molecule has 0 radical (unpaired) electrons. The fraction of sp³-hybridized carbons (Fsp3) is 0.645. The number of amides is 14. The molecule has 0 spiro atoms. The lowest BCUT2D eigenvalue weighted by Crippen LogP contribution is -2.62. The SMILES string of the molecule is CCCC[C@H](NC(=O)[C@@H]1CCCN1C(=O)CNC(=O)[C@H](CCCCN)NC(=O)[C@H](Cc1cnc[nH]1)NC(=O)[C@H](CO)NC(=O)[C@H](CC(C)C)N(C)C(=O)[C@H](CCCN=C(N)N)NC(=O)[C@@H]1CCCN1C(=O)[C@H](CCCN=C(N)N)NC(=O)[C@H](CCC(N)=O)NC(=O)[C@@H](N)CCCN=C(N)N)C(=O)NC(C)(C)C(=O)N[C@@H](Cc1ccc(Br)cc1)C(=O)O. The number of benzene rings is 1. The van der Waals surface area contributed by atoms with Crippen LogP contribution in [0.5, 0.6) is 0 Å². The second-order valence-electron chi connectivity index (χ2n) is 30.8. The minimum atomic E-state index is -1.81. The van der Waals surface area contributed by atoms with E-state index >= 15 is 4.79 Å². The van der Waals surface area contributed by atoms with Crippen molar-refractivity contribution < 1.29 is 82.1 Å². The molecule has 0 saturated carbocycles. The second-order valence-corrected chi connectivity index (χ2v) is 31.7. The quantitative estimate of drug-likeness (QED) is 0.0166. The van der Waals surface area contributed by atoms with Gasteiger partial charge in [-0.25, -0.2) is 9.78 Å². The fourth-order valence-corrected chi connectivity index (χ4v) is 13.7. The molecule has 2 saturated heterocycles. The molecule has 2 aromatic rings. The average Bonchev–Trinajstić information content (AvgIpc) is 1.72. The lowest BCUT2D eigenvalue weighted by Gasteiger charge is -2.34. The van der Waals surface area contributed by atoms with Gasteiger partial charge in [0.1, 0.15) is 72.0 Å². The van der Waals surface area contributed by atoms with E-state index in [1.807, 2.05) is 6.92 Å². The van der Waals surface area contributed by atoms with Crippen molar-refractivity contribution in [3.05, 3.63) is 52.5 Å². The molecule has 674 valence electrons. The number of nitrogens with zero attached hydrogens (tertiary/aromatic N) is 7. The highest BCUT2D eigenvalue weighted by Crippen LogP contribution is 2.24. The molecule has 12 atom stereocenters. The predicted octanol–water partition coefficient (Wildman–Crippen LogP) is -6.15. The number of hydrogen-bond donors (Lipinski definition) is 22. The monoisotopic (exact) mass is 1770 g/mol. The highest BCUT2D eigenvalue weighted by atomic mass is 79.9. The van der Waals surface area contributed by atoms with Crippen molar-refractivity contribution in [3.8, 4) is 0 Å². The van der Waals surface area contributed by atoms with Gasteiger partial charge in [0.05, 0.1) is 25.5 Å². The van der Waals surface area contributed by atoms with Crippen LogP contribution in [0, 0.1) is 5.92 Å². The van der Waals surface area contributed by atoms with Gasteiger partial charge in [0, 0.05) is 75.4 Å². The van der Waals surface area contributed by atoms with Gasteiger partial charge in [-0.15, -0.1) is 0 Å². The van der Waals surface area contributed by atoms with Gasteiger partial charge < -0.3 is 135 Å². The molecule has 0 unspecified atom stereocenters. The van der Waals surface area contributed by atoms with Gasteiger partial charge in [-0.1, -0.05) is 61.7 Å². The van der Waals surface area contributed by atoms with Crippen LogP contribution in [0.4, 0.5) is 0 Å². The predicted molar refractivity (Wildman–Crippen MR) is 450 cm³/mol. The van der Waals surface area contributed by atoms with Crippen molar-refractivity contribution in [1.29, 1.82) is 0 Å². The number of primary amides is 1. The minimum absolute atomic E-state index is 0.000406. The fourth-order valence-electron chi connectivity index (χ4n) is 13.4. The summed E-state index contributed by atoms with van der Waals surface area (Å²) in [4.78, 5) is 232. The van der Waals surface area contributed by atoms with Gasteiger partial charge in [-0.05, 0) is 147 Å². The number of aromatic nitrogens is 2. The number of aliphatic hydroxyl groups excluding tert-OH is 1. The van der Waals surface area contributed by atoms with Gasteiger partial charge in [0.25, 0.3) is 0 Å². The van der Waals surface area contributed by atoms with Gasteiger partial charge in [0.15, 0.2) is 17.9 Å². The largest absolute Gasteiger partial charge is 0.480 e. The summed E-state index contributed by atoms with van der Waals surface area (Å²) in [5.74, 6) is -14.0. The van der Waals surface area contributed by atoms with Crippen molar-refractivity contribution >= 4 is 122 Å². The lowest BCUT2D eigenvalue weighted by molar-refractivity contribution is -0.145. The maximum Gasteiger partial charge on any atom is 0.326 e. The molecule has 4 rings (SSSR count). The Labute approximate surface area is 711 Å². The molecule has 3 heterocycles. The molecule has 1 aromatic carbocycles. The van der Waals surface area contributed by atoms with E-state index in [2.05, 4.69) is 94.0 Å². The standard InChI is InChI=1S/C76H126BrN27O17/c1-7-8-17-48(65(113)101-76(4,5)72(121)100-53(71(119)120)36-43-23-25-44(77)26-24-43)95-66(114)55-21-14-33-103(55)59(107)39-91-61(109)47(18-9-10-29-78)94-63(111)52(37-45-38-87-41-92-45)98-64(112)54(40-105)99-68(116)57(35-42(2)3)102(6)69(117)50(19-12-31-89-74(83)84)97-67(115)56-22-15-34-104(56)70(118)51(20-13-32-90-75(85)86)96-62(110)49(27-28-58(80)106)93-60(108)46(79)16-11-30-88-73(81)82/h23-26,38,41-42,46-57,105H,7-22,27-37,39-40,78-79H2,1-6H3,(H2,80,106)(H,87,92)(H,91,109)(H,93,108)(H,94,111)(H,95,114)(H,96,110)(H,97,115)(H,98,112)(H,99,116)(H,100,121)(H,101,113)(H,119,120)(H4,81,82,88)(H4,83,84,89)(H4,85,86,90)/t46-,47-,48-,49-,50-,51-,52-,53-,54-,55-,56-,57-/m0/s1. The number of aromatic amines is 1. The summed E-state index contributed by atoms with van der Waals surface area (Å²) in [6.45, 7) is 6.79. The minimum Gasteiger partial charge on any atom is -0.480 e. The zero-order chi connectivity index (χ0) is 90.2. The Morgan fingerprint density at radius 2 is 1.10 bits per heavy atom. The van der Waals surface area contributed by atoms with Crippen LogP contribution >= 0.6 is 15.9 Å². The molecule has 2 aliphatic rings. The number of unbranched alkanes of at least 4 members (excludes halogenated alkanes) is 2. The first-order valence-corrected chi connectivity index (χ1v) is 41.4. The van der Waals surface area contributed by atoms with E-state index in [9.17, 15) is 77.3 Å². The highest BCUT2D eigenvalue weighted by Gasteiger charge is 2.44. The number of carbonyl (C=O) groups is 15. The van der Waals surface area contributed by atoms with Crippen LogP contribution in [-0.2, 0) is 84.8 Å². The van der Waals surface area contributed by atoms with E-state index in [-0.39, 0.29) is 172 Å². The summed E-state index contributed by atoms with van der Waals surface area (Å²) in [5.41, 5.74) is 49.9. The molecule has 45 heteroatoms. The van der Waals surface area contributed by atoms with Crippen LogP contribution in [0.3, 0.4) is 0 Å². The molecular weight excluding hydrogens is 1640 g/mol.